The number of carbonyl (C=O) groups is 1. The molecule has 0 aliphatic rings. The summed E-state index contributed by atoms with van der Waals surface area (Å²) in [6.45, 7) is 5.49. The Bertz CT molecular complexity index is 581. The summed E-state index contributed by atoms with van der Waals surface area (Å²) in [6, 6.07) is 3.60. The Morgan fingerprint density at radius 2 is 2.11 bits per heavy atom. The molecule has 2 aromatic heterocycles. The van der Waals surface area contributed by atoms with Crippen molar-refractivity contribution in [3.8, 4) is 5.88 Å². The van der Waals surface area contributed by atoms with Crippen molar-refractivity contribution in [3.05, 3.63) is 24.5 Å². The molecule has 5 heteroatoms. The number of carbonyl (C=O) groups excluding carboxylic acids is 1. The van der Waals surface area contributed by atoms with Crippen LogP contribution in [0.4, 0.5) is 4.79 Å². The van der Waals surface area contributed by atoms with Crippen LogP contribution in [0.5, 0.6) is 5.88 Å². The lowest BCUT2D eigenvalue weighted by atomic mass is 10.2. The fraction of sp³-hybridized carbons (Fsp3) is 0.385. The topological polar surface area (TPSA) is 53.4 Å². The van der Waals surface area contributed by atoms with Crippen molar-refractivity contribution in [1.82, 2.24) is 9.55 Å². The molecule has 0 bridgehead atoms. The van der Waals surface area contributed by atoms with E-state index in [4.69, 9.17) is 9.47 Å². The minimum absolute atomic E-state index is 0.413. The van der Waals surface area contributed by atoms with E-state index in [0.29, 0.717) is 11.4 Å². The van der Waals surface area contributed by atoms with Crippen LogP contribution in [0, 0.1) is 0 Å². The van der Waals surface area contributed by atoms with E-state index in [1.165, 1.54) is 4.57 Å². The highest BCUT2D eigenvalue weighted by Crippen LogP contribution is 2.20. The van der Waals surface area contributed by atoms with Crippen molar-refractivity contribution >= 4 is 17.0 Å². The molecule has 0 saturated heterocycles. The molecule has 0 radical (unpaired) electrons. The van der Waals surface area contributed by atoms with Gasteiger partial charge in [0.15, 0.2) is 0 Å². The smallest absolute Gasteiger partial charge is 0.419 e. The lowest BCUT2D eigenvalue weighted by molar-refractivity contribution is 0.0544. The third-order valence-electron chi connectivity index (χ3n) is 2.35. The first-order chi connectivity index (χ1) is 8.40. The van der Waals surface area contributed by atoms with Crippen LogP contribution in [0.3, 0.4) is 0 Å². The second kappa shape index (κ2) is 4.33. The van der Waals surface area contributed by atoms with Crippen molar-refractivity contribution in [3.63, 3.8) is 0 Å². The molecule has 0 fully saturated rings. The van der Waals surface area contributed by atoms with E-state index in [0.717, 1.165) is 5.39 Å². The molecule has 2 heterocycles. The number of pyridine rings is 1. The molecule has 0 N–H and O–H groups in total. The third-order valence-corrected chi connectivity index (χ3v) is 2.35. The fourth-order valence-corrected chi connectivity index (χ4v) is 1.60. The van der Waals surface area contributed by atoms with Gasteiger partial charge in [0, 0.05) is 17.6 Å². The predicted molar refractivity (Wildman–Crippen MR) is 67.9 cm³/mol. The second-order valence-corrected chi connectivity index (χ2v) is 4.95. The van der Waals surface area contributed by atoms with Crippen LogP contribution in [0.15, 0.2) is 24.5 Å². The monoisotopic (exact) mass is 248 g/mol. The largest absolute Gasteiger partial charge is 0.481 e. The van der Waals surface area contributed by atoms with Gasteiger partial charge in [-0.3, -0.25) is 4.57 Å². The Hall–Kier alpha value is -2.04. The maximum atomic E-state index is 12.0. The summed E-state index contributed by atoms with van der Waals surface area (Å²) in [6.07, 6.45) is 2.85. The van der Waals surface area contributed by atoms with E-state index < -0.39 is 11.7 Å². The van der Waals surface area contributed by atoms with E-state index in [1.54, 1.807) is 25.6 Å². The number of rotatable bonds is 1. The summed E-state index contributed by atoms with van der Waals surface area (Å²) in [5, 5.41) is 0.882. The van der Waals surface area contributed by atoms with Gasteiger partial charge in [-0.1, -0.05) is 0 Å². The molecule has 0 aromatic carbocycles. The first-order valence-electron chi connectivity index (χ1n) is 5.65. The Morgan fingerprint density at radius 3 is 2.72 bits per heavy atom. The van der Waals surface area contributed by atoms with Crippen LogP contribution in [0.25, 0.3) is 10.9 Å². The summed E-state index contributed by atoms with van der Waals surface area (Å²) in [4.78, 5) is 16.1. The molecule has 2 aromatic rings. The highest BCUT2D eigenvalue weighted by molar-refractivity contribution is 5.89. The van der Waals surface area contributed by atoms with E-state index in [1.807, 2.05) is 26.8 Å². The van der Waals surface area contributed by atoms with Gasteiger partial charge in [0.25, 0.3) is 0 Å². The van der Waals surface area contributed by atoms with Gasteiger partial charge >= 0.3 is 6.09 Å². The van der Waals surface area contributed by atoms with Crippen LogP contribution >= 0.6 is 0 Å². The molecule has 5 nitrogen and oxygen atoms in total. The average molecular weight is 248 g/mol. The van der Waals surface area contributed by atoms with Gasteiger partial charge in [0.2, 0.25) is 5.88 Å². The standard InChI is InChI=1S/C13H16N2O3/c1-13(2,3)18-12(16)15-6-5-9-7-11(17-4)14-8-10(9)15/h5-8H,1-4H3. The number of ether oxygens (including phenoxy) is 2. The zero-order chi connectivity index (χ0) is 13.3. The number of hydrogen-bond donors (Lipinski definition) is 0. The normalized spacial score (nSPS) is 11.6. The van der Waals surface area contributed by atoms with Gasteiger partial charge in [-0.05, 0) is 26.8 Å². The minimum atomic E-state index is -0.520. The third kappa shape index (κ3) is 2.45. The molecule has 0 aliphatic heterocycles. The Labute approximate surface area is 105 Å². The molecular weight excluding hydrogens is 232 g/mol. The predicted octanol–water partition coefficient (Wildman–Crippen LogP) is 2.83. The Morgan fingerprint density at radius 1 is 1.39 bits per heavy atom. The van der Waals surface area contributed by atoms with E-state index in [-0.39, 0.29) is 0 Å². The summed E-state index contributed by atoms with van der Waals surface area (Å²) in [5.74, 6) is 0.518. The first-order valence-corrected chi connectivity index (χ1v) is 5.65. The summed E-state index contributed by atoms with van der Waals surface area (Å²) in [5.41, 5.74) is 0.179. The zero-order valence-corrected chi connectivity index (χ0v) is 10.9. The molecule has 18 heavy (non-hydrogen) atoms. The molecular formula is C13H16N2O3. The number of hydrogen-bond acceptors (Lipinski definition) is 4. The zero-order valence-electron chi connectivity index (χ0n) is 10.9. The van der Waals surface area contributed by atoms with Crippen LogP contribution in [0.1, 0.15) is 20.8 Å². The van der Waals surface area contributed by atoms with Gasteiger partial charge in [-0.15, -0.1) is 0 Å². The fourth-order valence-electron chi connectivity index (χ4n) is 1.60. The molecule has 96 valence electrons. The molecule has 2 rings (SSSR count). The van der Waals surface area contributed by atoms with E-state index in [9.17, 15) is 4.79 Å². The van der Waals surface area contributed by atoms with Crippen LogP contribution < -0.4 is 4.74 Å². The SMILES string of the molecule is COc1cc2ccn(C(=O)OC(C)(C)C)c2cn1. The average Bonchev–Trinajstić information content (AvgIpc) is 2.69. The maximum absolute atomic E-state index is 12.0. The summed E-state index contributed by atoms with van der Waals surface area (Å²) < 4.78 is 11.8. The van der Waals surface area contributed by atoms with Crippen LogP contribution in [0.2, 0.25) is 0 Å². The summed E-state index contributed by atoms with van der Waals surface area (Å²) >= 11 is 0. The molecule has 0 saturated carbocycles. The molecule has 0 spiro atoms. The Kier molecular flexibility index (Phi) is 2.98. The van der Waals surface area contributed by atoms with Crippen molar-refractivity contribution < 1.29 is 14.3 Å². The van der Waals surface area contributed by atoms with Crippen molar-refractivity contribution in [2.24, 2.45) is 0 Å². The number of fused-ring (bicyclic) bond motifs is 1. The maximum Gasteiger partial charge on any atom is 0.419 e. The second-order valence-electron chi connectivity index (χ2n) is 4.95. The summed E-state index contributed by atoms with van der Waals surface area (Å²) in [7, 11) is 1.55. The molecule has 0 unspecified atom stereocenters. The van der Waals surface area contributed by atoms with E-state index in [2.05, 4.69) is 4.98 Å². The van der Waals surface area contributed by atoms with Gasteiger partial charge in [0.05, 0.1) is 18.8 Å². The Balaban J connectivity index is 2.38. The van der Waals surface area contributed by atoms with Crippen molar-refractivity contribution in [2.75, 3.05) is 7.11 Å². The van der Waals surface area contributed by atoms with Gasteiger partial charge in [-0.25, -0.2) is 9.78 Å². The van der Waals surface area contributed by atoms with Crippen LogP contribution in [-0.2, 0) is 4.74 Å². The first kappa shape index (κ1) is 12.4. The number of methoxy groups -OCH3 is 1. The minimum Gasteiger partial charge on any atom is -0.481 e. The van der Waals surface area contributed by atoms with Gasteiger partial charge in [0.1, 0.15) is 5.60 Å². The molecule has 0 atom stereocenters. The van der Waals surface area contributed by atoms with Crippen LogP contribution in [-0.4, -0.2) is 28.4 Å². The van der Waals surface area contributed by atoms with E-state index >= 15 is 0 Å². The molecule has 0 aliphatic carbocycles. The van der Waals surface area contributed by atoms with Gasteiger partial charge < -0.3 is 9.47 Å². The molecule has 0 amide bonds. The lowest BCUT2D eigenvalue weighted by Crippen LogP contribution is -2.26. The van der Waals surface area contributed by atoms with Crippen molar-refractivity contribution in [2.45, 2.75) is 26.4 Å². The number of nitrogens with zero attached hydrogens (tertiary/aromatic N) is 2. The van der Waals surface area contributed by atoms with Crippen molar-refractivity contribution in [1.29, 1.82) is 0 Å². The number of aromatic nitrogens is 2. The van der Waals surface area contributed by atoms with Gasteiger partial charge in [-0.2, -0.15) is 0 Å². The highest BCUT2D eigenvalue weighted by atomic mass is 16.6. The lowest BCUT2D eigenvalue weighted by Gasteiger charge is -2.19. The quantitative estimate of drug-likeness (QED) is 0.778. The highest BCUT2D eigenvalue weighted by Gasteiger charge is 2.19.